The summed E-state index contributed by atoms with van der Waals surface area (Å²) in [5.74, 6) is 0. The Balaban J connectivity index is 0.000000300. The summed E-state index contributed by atoms with van der Waals surface area (Å²) < 4.78 is 22.4. The van der Waals surface area contributed by atoms with Gasteiger partial charge in [0, 0.05) is 21.7 Å². The average molecular weight is 437 g/mol. The molecule has 0 aromatic carbocycles. The lowest BCUT2D eigenvalue weighted by Gasteiger charge is -2.43. The van der Waals surface area contributed by atoms with E-state index in [0.717, 1.165) is 12.8 Å². The first-order valence-corrected chi connectivity index (χ1v) is 10.9. The van der Waals surface area contributed by atoms with Gasteiger partial charge in [-0.1, -0.05) is 41.5 Å². The molecule has 2 heterocycles. The van der Waals surface area contributed by atoms with E-state index >= 15 is 0 Å². The van der Waals surface area contributed by atoms with Crippen molar-refractivity contribution in [3.8, 4) is 0 Å². The van der Waals surface area contributed by atoms with E-state index in [-0.39, 0.29) is 49.8 Å². The molecule has 2 fully saturated rings. The maximum atomic E-state index is 9.28. The highest BCUT2D eigenvalue weighted by atomic mass is 16.7. The van der Waals surface area contributed by atoms with Crippen molar-refractivity contribution in [2.45, 2.75) is 67.0 Å². The molecule has 0 aliphatic carbocycles. The van der Waals surface area contributed by atoms with Gasteiger partial charge in [0.05, 0.1) is 52.9 Å². The van der Waals surface area contributed by atoms with Crippen LogP contribution < -0.4 is 0 Å². The Kier molecular flexibility index (Phi) is 10.6. The van der Waals surface area contributed by atoms with Gasteiger partial charge in [-0.25, -0.2) is 0 Å². The summed E-state index contributed by atoms with van der Waals surface area (Å²) in [5.41, 5.74) is -1.31. The smallest absolute Gasteiger partial charge is 0.164 e. The zero-order valence-electron chi connectivity index (χ0n) is 19.6. The van der Waals surface area contributed by atoms with Crippen LogP contribution >= 0.6 is 0 Å². The average Bonchev–Trinajstić information content (AvgIpc) is 2.79. The summed E-state index contributed by atoms with van der Waals surface area (Å²) in [6.07, 6.45) is 0.897. The van der Waals surface area contributed by atoms with Gasteiger partial charge in [-0.05, 0) is 12.8 Å². The monoisotopic (exact) mass is 436 g/mol. The third-order valence-corrected chi connectivity index (χ3v) is 6.43. The third-order valence-electron chi connectivity index (χ3n) is 6.43. The van der Waals surface area contributed by atoms with E-state index in [1.54, 1.807) is 0 Å². The van der Waals surface area contributed by atoms with Crippen LogP contribution in [-0.4, -0.2) is 85.9 Å². The van der Waals surface area contributed by atoms with Gasteiger partial charge in [-0.15, -0.1) is 0 Å². The van der Waals surface area contributed by atoms with Crippen LogP contribution in [0.1, 0.15) is 54.4 Å². The molecule has 30 heavy (non-hydrogen) atoms. The van der Waals surface area contributed by atoms with Gasteiger partial charge >= 0.3 is 0 Å². The minimum atomic E-state index is -0.393. The Morgan fingerprint density at radius 1 is 0.633 bits per heavy atom. The van der Waals surface area contributed by atoms with Crippen molar-refractivity contribution >= 4 is 0 Å². The van der Waals surface area contributed by atoms with Crippen molar-refractivity contribution in [3.63, 3.8) is 0 Å². The second-order valence-corrected chi connectivity index (χ2v) is 10.2. The lowest BCUT2D eigenvalue weighted by molar-refractivity contribution is -0.279. The molecule has 0 amide bonds. The Morgan fingerprint density at radius 3 is 1.07 bits per heavy atom. The third kappa shape index (κ3) is 6.84. The molecule has 0 aromatic rings. The van der Waals surface area contributed by atoms with Gasteiger partial charge in [-0.3, -0.25) is 0 Å². The molecule has 0 atom stereocenters. The molecule has 4 N–H and O–H groups in total. The minimum Gasteiger partial charge on any atom is -0.396 e. The van der Waals surface area contributed by atoms with Crippen LogP contribution in [0.5, 0.6) is 0 Å². The maximum Gasteiger partial charge on any atom is 0.164 e. The Morgan fingerprint density at radius 2 is 0.900 bits per heavy atom. The van der Waals surface area contributed by atoms with Gasteiger partial charge in [0.15, 0.2) is 12.6 Å². The van der Waals surface area contributed by atoms with Crippen molar-refractivity contribution in [1.29, 1.82) is 0 Å². The van der Waals surface area contributed by atoms with Crippen molar-refractivity contribution in [3.05, 3.63) is 0 Å². The summed E-state index contributed by atoms with van der Waals surface area (Å²) in [4.78, 5) is 0. The Labute approximate surface area is 181 Å². The van der Waals surface area contributed by atoms with Gasteiger partial charge in [0.2, 0.25) is 0 Å². The molecule has 2 aliphatic heterocycles. The van der Waals surface area contributed by atoms with Crippen LogP contribution in [-0.2, 0) is 18.9 Å². The summed E-state index contributed by atoms with van der Waals surface area (Å²) in [5, 5.41) is 36.9. The molecule has 8 nitrogen and oxygen atoms in total. The number of rotatable bonds is 8. The van der Waals surface area contributed by atoms with E-state index in [9.17, 15) is 20.4 Å². The van der Waals surface area contributed by atoms with Gasteiger partial charge in [0.1, 0.15) is 0 Å². The first-order valence-electron chi connectivity index (χ1n) is 10.9. The lowest BCUT2D eigenvalue weighted by Crippen LogP contribution is -2.49. The number of hydrogen-bond acceptors (Lipinski definition) is 8. The van der Waals surface area contributed by atoms with Crippen molar-refractivity contribution < 1.29 is 39.4 Å². The van der Waals surface area contributed by atoms with Crippen LogP contribution in [0.4, 0.5) is 0 Å². The van der Waals surface area contributed by atoms with Crippen LogP contribution in [0.2, 0.25) is 0 Å². The van der Waals surface area contributed by atoms with Crippen molar-refractivity contribution in [2.75, 3.05) is 52.9 Å². The van der Waals surface area contributed by atoms with E-state index in [1.165, 1.54) is 0 Å². The maximum absolute atomic E-state index is 9.28. The van der Waals surface area contributed by atoms with Crippen LogP contribution in [0.3, 0.4) is 0 Å². The normalized spacial score (nSPS) is 33.0. The molecule has 2 aliphatic rings. The SMILES string of the molecule is CCC1(CO)COC(C(C)(C)CO)OC1.CCC1(CO)COC(C(C)(C)CO)OC1. The molecule has 0 radical (unpaired) electrons. The van der Waals surface area contributed by atoms with E-state index in [1.807, 2.05) is 41.5 Å². The second kappa shape index (κ2) is 11.5. The number of ether oxygens (including phenoxy) is 4. The summed E-state index contributed by atoms with van der Waals surface area (Å²) in [6.45, 7) is 13.8. The molecule has 2 rings (SSSR count). The molecule has 0 spiro atoms. The molecular formula is C22H44O8. The van der Waals surface area contributed by atoms with Crippen LogP contribution in [0.25, 0.3) is 0 Å². The number of aliphatic hydroxyl groups excluding tert-OH is 4. The van der Waals surface area contributed by atoms with Crippen molar-refractivity contribution in [2.24, 2.45) is 21.7 Å². The fourth-order valence-electron chi connectivity index (χ4n) is 3.06. The van der Waals surface area contributed by atoms with Crippen molar-refractivity contribution in [1.82, 2.24) is 0 Å². The van der Waals surface area contributed by atoms with Gasteiger partial charge in [0.25, 0.3) is 0 Å². The predicted molar refractivity (Wildman–Crippen MR) is 113 cm³/mol. The van der Waals surface area contributed by atoms with E-state index in [0.29, 0.717) is 26.4 Å². The highest BCUT2D eigenvalue weighted by Crippen LogP contribution is 2.35. The zero-order valence-corrected chi connectivity index (χ0v) is 19.6. The largest absolute Gasteiger partial charge is 0.396 e. The fraction of sp³-hybridized carbons (Fsp3) is 1.00. The summed E-state index contributed by atoms with van der Waals surface area (Å²) in [7, 11) is 0. The van der Waals surface area contributed by atoms with Gasteiger partial charge in [-0.2, -0.15) is 0 Å². The Hall–Kier alpha value is -0.320. The van der Waals surface area contributed by atoms with Crippen LogP contribution in [0, 0.1) is 21.7 Å². The first kappa shape index (κ1) is 27.7. The van der Waals surface area contributed by atoms with Crippen LogP contribution in [0.15, 0.2) is 0 Å². The quantitative estimate of drug-likeness (QED) is 0.453. The number of aliphatic hydroxyl groups is 4. The molecule has 2 saturated heterocycles. The molecule has 0 saturated carbocycles. The zero-order chi connectivity index (χ0) is 23.1. The Bertz CT molecular complexity index is 422. The second-order valence-electron chi connectivity index (χ2n) is 10.2. The highest BCUT2D eigenvalue weighted by molar-refractivity contribution is 4.84. The standard InChI is InChI=1S/2C11H22O4/c2*1-4-11(6-13)7-14-9(15-8-11)10(2,3)5-12/h2*9,12-13H,4-8H2,1-3H3. The molecule has 0 aromatic heterocycles. The van der Waals surface area contributed by atoms with Gasteiger partial charge < -0.3 is 39.4 Å². The van der Waals surface area contributed by atoms with E-state index in [2.05, 4.69) is 0 Å². The first-order chi connectivity index (χ1) is 14.0. The highest BCUT2D eigenvalue weighted by Gasteiger charge is 2.42. The molecule has 0 unspecified atom stereocenters. The number of hydrogen-bond donors (Lipinski definition) is 4. The molecular weight excluding hydrogens is 392 g/mol. The molecule has 180 valence electrons. The fourth-order valence-corrected chi connectivity index (χ4v) is 3.06. The van der Waals surface area contributed by atoms with E-state index < -0.39 is 10.8 Å². The summed E-state index contributed by atoms with van der Waals surface area (Å²) in [6, 6.07) is 0. The molecule has 8 heteroatoms. The predicted octanol–water partition coefficient (Wildman–Crippen LogP) is 1.53. The summed E-state index contributed by atoms with van der Waals surface area (Å²) >= 11 is 0. The lowest BCUT2D eigenvalue weighted by atomic mass is 9.86. The minimum absolute atomic E-state index is 0.0237. The topological polar surface area (TPSA) is 118 Å². The molecule has 0 bridgehead atoms. The van der Waals surface area contributed by atoms with E-state index in [4.69, 9.17) is 18.9 Å².